The SMILES string of the molecule is CCN[C@H](c1ccc(OC)cc1)C1CC1. The van der Waals surface area contributed by atoms with Gasteiger partial charge < -0.3 is 10.1 Å². The second kappa shape index (κ2) is 4.67. The molecule has 2 heteroatoms. The maximum atomic E-state index is 5.16. The van der Waals surface area contributed by atoms with Crippen LogP contribution in [0.25, 0.3) is 0 Å². The molecule has 1 aromatic rings. The first-order chi connectivity index (χ1) is 7.35. The van der Waals surface area contributed by atoms with Gasteiger partial charge in [0.1, 0.15) is 5.75 Å². The van der Waals surface area contributed by atoms with Gasteiger partial charge in [0, 0.05) is 6.04 Å². The summed E-state index contributed by atoms with van der Waals surface area (Å²) in [6, 6.07) is 8.97. The fourth-order valence-electron chi connectivity index (χ4n) is 2.02. The van der Waals surface area contributed by atoms with E-state index in [1.807, 2.05) is 12.1 Å². The van der Waals surface area contributed by atoms with Crippen molar-refractivity contribution >= 4 is 0 Å². The Hall–Kier alpha value is -1.02. The molecular formula is C13H19NO. The topological polar surface area (TPSA) is 21.3 Å². The molecule has 1 atom stereocenters. The monoisotopic (exact) mass is 205 g/mol. The summed E-state index contributed by atoms with van der Waals surface area (Å²) in [5.41, 5.74) is 1.39. The lowest BCUT2D eigenvalue weighted by molar-refractivity contribution is 0.414. The molecule has 0 heterocycles. The Morgan fingerprint density at radius 3 is 2.47 bits per heavy atom. The number of benzene rings is 1. The Morgan fingerprint density at radius 2 is 2.00 bits per heavy atom. The molecule has 0 aliphatic heterocycles. The van der Waals surface area contributed by atoms with Crippen molar-refractivity contribution in [1.29, 1.82) is 0 Å². The molecule has 1 aliphatic rings. The van der Waals surface area contributed by atoms with Gasteiger partial charge >= 0.3 is 0 Å². The summed E-state index contributed by atoms with van der Waals surface area (Å²) in [7, 11) is 1.71. The molecule has 1 N–H and O–H groups in total. The zero-order chi connectivity index (χ0) is 10.7. The van der Waals surface area contributed by atoms with Crippen LogP contribution in [-0.4, -0.2) is 13.7 Å². The van der Waals surface area contributed by atoms with Gasteiger partial charge in [-0.15, -0.1) is 0 Å². The van der Waals surface area contributed by atoms with Gasteiger partial charge in [0.05, 0.1) is 7.11 Å². The summed E-state index contributed by atoms with van der Waals surface area (Å²) < 4.78 is 5.16. The van der Waals surface area contributed by atoms with Gasteiger partial charge in [-0.1, -0.05) is 19.1 Å². The number of ether oxygens (including phenoxy) is 1. The van der Waals surface area contributed by atoms with Crippen LogP contribution >= 0.6 is 0 Å². The highest BCUT2D eigenvalue weighted by atomic mass is 16.5. The summed E-state index contributed by atoms with van der Waals surface area (Å²) in [6.07, 6.45) is 2.73. The Kier molecular flexibility index (Phi) is 3.27. The zero-order valence-corrected chi connectivity index (χ0v) is 9.49. The molecule has 0 spiro atoms. The van der Waals surface area contributed by atoms with E-state index in [0.717, 1.165) is 18.2 Å². The third-order valence-corrected chi connectivity index (χ3v) is 2.99. The Bertz CT molecular complexity index is 303. The fraction of sp³-hybridized carbons (Fsp3) is 0.538. The average molecular weight is 205 g/mol. The van der Waals surface area contributed by atoms with Crippen LogP contribution in [0.4, 0.5) is 0 Å². The van der Waals surface area contributed by atoms with E-state index in [1.54, 1.807) is 7.11 Å². The third kappa shape index (κ3) is 2.51. The van der Waals surface area contributed by atoms with Crippen LogP contribution in [0.3, 0.4) is 0 Å². The van der Waals surface area contributed by atoms with Gasteiger partial charge in [-0.05, 0) is 43.0 Å². The molecule has 2 rings (SSSR count). The molecule has 82 valence electrons. The minimum absolute atomic E-state index is 0.543. The molecule has 1 fully saturated rings. The summed E-state index contributed by atoms with van der Waals surface area (Å²) in [6.45, 7) is 3.20. The smallest absolute Gasteiger partial charge is 0.118 e. The van der Waals surface area contributed by atoms with Crippen molar-refractivity contribution < 1.29 is 4.74 Å². The van der Waals surface area contributed by atoms with Gasteiger partial charge in [-0.25, -0.2) is 0 Å². The molecule has 1 saturated carbocycles. The Balaban J connectivity index is 2.10. The van der Waals surface area contributed by atoms with Crippen molar-refractivity contribution in [3.8, 4) is 5.75 Å². The van der Waals surface area contributed by atoms with Crippen LogP contribution in [0.2, 0.25) is 0 Å². The third-order valence-electron chi connectivity index (χ3n) is 2.99. The fourth-order valence-corrected chi connectivity index (χ4v) is 2.02. The molecular weight excluding hydrogens is 186 g/mol. The minimum Gasteiger partial charge on any atom is -0.497 e. The maximum Gasteiger partial charge on any atom is 0.118 e. The zero-order valence-electron chi connectivity index (χ0n) is 9.49. The number of hydrogen-bond donors (Lipinski definition) is 1. The van der Waals surface area contributed by atoms with Crippen LogP contribution in [0.15, 0.2) is 24.3 Å². The summed E-state index contributed by atoms with van der Waals surface area (Å²) >= 11 is 0. The predicted octanol–water partition coefficient (Wildman–Crippen LogP) is 2.76. The van der Waals surface area contributed by atoms with Gasteiger partial charge in [-0.3, -0.25) is 0 Å². The van der Waals surface area contributed by atoms with E-state index >= 15 is 0 Å². The summed E-state index contributed by atoms with van der Waals surface area (Å²) in [5.74, 6) is 1.78. The Labute approximate surface area is 91.6 Å². The number of nitrogens with one attached hydrogen (secondary N) is 1. The van der Waals surface area contributed by atoms with Gasteiger partial charge in [0.2, 0.25) is 0 Å². The molecule has 15 heavy (non-hydrogen) atoms. The van der Waals surface area contributed by atoms with E-state index in [9.17, 15) is 0 Å². The second-order valence-electron chi connectivity index (χ2n) is 4.15. The van der Waals surface area contributed by atoms with Crippen molar-refractivity contribution in [2.45, 2.75) is 25.8 Å². The molecule has 1 aromatic carbocycles. The highest BCUT2D eigenvalue weighted by molar-refractivity contribution is 5.30. The van der Waals surface area contributed by atoms with E-state index in [1.165, 1.54) is 18.4 Å². The standard InChI is InChI=1S/C13H19NO/c1-3-14-13(10-4-5-10)11-6-8-12(15-2)9-7-11/h6-10,13-14H,3-5H2,1-2H3/t13-/m0/s1. The molecule has 1 aliphatic carbocycles. The molecule has 0 bridgehead atoms. The van der Waals surface area contributed by atoms with Crippen LogP contribution in [0, 0.1) is 5.92 Å². The van der Waals surface area contributed by atoms with Crippen molar-refractivity contribution in [2.75, 3.05) is 13.7 Å². The van der Waals surface area contributed by atoms with Crippen molar-refractivity contribution in [1.82, 2.24) is 5.32 Å². The summed E-state index contributed by atoms with van der Waals surface area (Å²) in [4.78, 5) is 0. The second-order valence-corrected chi connectivity index (χ2v) is 4.15. The highest BCUT2D eigenvalue weighted by Gasteiger charge is 2.31. The van der Waals surface area contributed by atoms with Crippen molar-refractivity contribution in [2.24, 2.45) is 5.92 Å². The molecule has 0 saturated heterocycles. The molecule has 2 nitrogen and oxygen atoms in total. The number of methoxy groups -OCH3 is 1. The summed E-state index contributed by atoms with van der Waals surface area (Å²) in [5, 5.41) is 3.56. The highest BCUT2D eigenvalue weighted by Crippen LogP contribution is 2.41. The van der Waals surface area contributed by atoms with Crippen LogP contribution in [0.1, 0.15) is 31.4 Å². The lowest BCUT2D eigenvalue weighted by Gasteiger charge is -2.17. The van der Waals surface area contributed by atoms with Crippen molar-refractivity contribution in [3.05, 3.63) is 29.8 Å². The maximum absolute atomic E-state index is 5.16. The van der Waals surface area contributed by atoms with Crippen LogP contribution in [0.5, 0.6) is 5.75 Å². The Morgan fingerprint density at radius 1 is 1.33 bits per heavy atom. The molecule has 0 aromatic heterocycles. The van der Waals surface area contributed by atoms with Crippen LogP contribution < -0.4 is 10.1 Å². The van der Waals surface area contributed by atoms with E-state index in [4.69, 9.17) is 4.74 Å². The van der Waals surface area contributed by atoms with E-state index in [0.29, 0.717) is 6.04 Å². The minimum atomic E-state index is 0.543. The van der Waals surface area contributed by atoms with Crippen LogP contribution in [-0.2, 0) is 0 Å². The van der Waals surface area contributed by atoms with E-state index in [2.05, 4.69) is 24.4 Å². The lowest BCUT2D eigenvalue weighted by Crippen LogP contribution is -2.22. The molecule has 0 unspecified atom stereocenters. The predicted molar refractivity (Wildman–Crippen MR) is 62.1 cm³/mol. The van der Waals surface area contributed by atoms with Gasteiger partial charge in [0.15, 0.2) is 0 Å². The van der Waals surface area contributed by atoms with E-state index < -0.39 is 0 Å². The lowest BCUT2D eigenvalue weighted by atomic mass is 10.0. The average Bonchev–Trinajstić information content (AvgIpc) is 3.10. The number of rotatable bonds is 5. The largest absolute Gasteiger partial charge is 0.497 e. The van der Waals surface area contributed by atoms with Gasteiger partial charge in [0.25, 0.3) is 0 Å². The normalized spacial score (nSPS) is 17.5. The molecule has 0 radical (unpaired) electrons. The van der Waals surface area contributed by atoms with Gasteiger partial charge in [-0.2, -0.15) is 0 Å². The van der Waals surface area contributed by atoms with E-state index in [-0.39, 0.29) is 0 Å². The quantitative estimate of drug-likeness (QED) is 0.798. The molecule has 0 amide bonds. The first-order valence-electron chi connectivity index (χ1n) is 5.72. The number of hydrogen-bond acceptors (Lipinski definition) is 2. The first kappa shape index (κ1) is 10.5. The first-order valence-corrected chi connectivity index (χ1v) is 5.72. The van der Waals surface area contributed by atoms with Crippen molar-refractivity contribution in [3.63, 3.8) is 0 Å².